The van der Waals surface area contributed by atoms with Crippen LogP contribution in [-0.4, -0.2) is 25.5 Å². The number of fused-ring (bicyclic) bond motifs is 1. The first kappa shape index (κ1) is 19.6. The predicted molar refractivity (Wildman–Crippen MR) is 88.6 cm³/mol. The largest absolute Gasteiger partial charge is 0.453 e. The SMILES string of the molecule is Cc1nc2nc(C(F)(F)F)nn2c(C)c1CCC(=O)Nc1ccc(F)cc1F. The maximum absolute atomic E-state index is 13.6. The molecule has 0 unspecified atom stereocenters. The predicted octanol–water partition coefficient (Wildman–Crippen LogP) is 3.61. The maximum Gasteiger partial charge on any atom is 0.453 e. The molecule has 0 aliphatic carbocycles. The van der Waals surface area contributed by atoms with Gasteiger partial charge < -0.3 is 5.32 Å². The fourth-order valence-electron chi connectivity index (χ4n) is 2.73. The number of aromatic nitrogens is 4. The highest BCUT2D eigenvalue weighted by Gasteiger charge is 2.36. The topological polar surface area (TPSA) is 72.2 Å². The summed E-state index contributed by atoms with van der Waals surface area (Å²) < 4.78 is 65.9. The van der Waals surface area contributed by atoms with Crippen molar-refractivity contribution in [3.05, 3.63) is 52.6 Å². The van der Waals surface area contributed by atoms with Gasteiger partial charge in [0.25, 0.3) is 11.6 Å². The Morgan fingerprint density at radius 3 is 2.54 bits per heavy atom. The van der Waals surface area contributed by atoms with Gasteiger partial charge in [0.2, 0.25) is 5.91 Å². The van der Waals surface area contributed by atoms with E-state index in [0.717, 1.165) is 16.6 Å². The average molecular weight is 399 g/mol. The Morgan fingerprint density at radius 1 is 1.18 bits per heavy atom. The highest BCUT2D eigenvalue weighted by Crippen LogP contribution is 2.27. The summed E-state index contributed by atoms with van der Waals surface area (Å²) in [5, 5.41) is 5.76. The lowest BCUT2D eigenvalue weighted by Gasteiger charge is -2.11. The number of rotatable bonds is 4. The van der Waals surface area contributed by atoms with Gasteiger partial charge >= 0.3 is 6.18 Å². The van der Waals surface area contributed by atoms with Crippen molar-refractivity contribution < 1.29 is 26.7 Å². The van der Waals surface area contributed by atoms with Gasteiger partial charge in [-0.2, -0.15) is 18.2 Å². The van der Waals surface area contributed by atoms with Gasteiger partial charge in [-0.3, -0.25) is 4.79 Å². The van der Waals surface area contributed by atoms with Crippen LogP contribution in [0.15, 0.2) is 18.2 Å². The van der Waals surface area contributed by atoms with Crippen molar-refractivity contribution in [3.63, 3.8) is 0 Å². The number of halogens is 5. The number of carbonyl (C=O) groups excluding carboxylic acids is 1. The van der Waals surface area contributed by atoms with Crippen LogP contribution in [0.5, 0.6) is 0 Å². The van der Waals surface area contributed by atoms with Crippen LogP contribution < -0.4 is 5.32 Å². The van der Waals surface area contributed by atoms with Gasteiger partial charge in [0.1, 0.15) is 11.6 Å². The Bertz CT molecular complexity index is 1060. The van der Waals surface area contributed by atoms with Gasteiger partial charge in [-0.1, -0.05) is 0 Å². The lowest BCUT2D eigenvalue weighted by atomic mass is 10.1. The molecular weight excluding hydrogens is 385 g/mol. The normalized spacial score (nSPS) is 11.8. The number of benzene rings is 1. The Morgan fingerprint density at radius 2 is 1.89 bits per heavy atom. The number of aryl methyl sites for hydroxylation is 2. The van der Waals surface area contributed by atoms with Gasteiger partial charge in [0, 0.05) is 23.9 Å². The van der Waals surface area contributed by atoms with Crippen molar-refractivity contribution in [1.29, 1.82) is 0 Å². The van der Waals surface area contributed by atoms with Crippen LogP contribution in [0.1, 0.15) is 29.2 Å². The van der Waals surface area contributed by atoms with E-state index in [4.69, 9.17) is 0 Å². The minimum Gasteiger partial charge on any atom is -0.324 e. The van der Waals surface area contributed by atoms with E-state index < -0.39 is 29.5 Å². The van der Waals surface area contributed by atoms with E-state index in [1.54, 1.807) is 13.8 Å². The third-order valence-corrected chi connectivity index (χ3v) is 4.11. The summed E-state index contributed by atoms with van der Waals surface area (Å²) in [5.41, 5.74) is 1.14. The van der Waals surface area contributed by atoms with Crippen molar-refractivity contribution in [1.82, 2.24) is 19.6 Å². The summed E-state index contributed by atoms with van der Waals surface area (Å²) in [7, 11) is 0. The number of amides is 1. The molecule has 0 fully saturated rings. The van der Waals surface area contributed by atoms with Crippen molar-refractivity contribution in [2.24, 2.45) is 0 Å². The number of carbonyl (C=O) groups is 1. The third-order valence-electron chi connectivity index (χ3n) is 4.11. The van der Waals surface area contributed by atoms with Crippen LogP contribution in [0.25, 0.3) is 5.78 Å². The van der Waals surface area contributed by atoms with Crippen molar-refractivity contribution in [2.75, 3.05) is 5.32 Å². The first-order valence-corrected chi connectivity index (χ1v) is 8.11. The molecule has 6 nitrogen and oxygen atoms in total. The number of hydrogen-bond acceptors (Lipinski definition) is 4. The smallest absolute Gasteiger partial charge is 0.324 e. The van der Waals surface area contributed by atoms with Crippen molar-refractivity contribution >= 4 is 17.4 Å². The van der Waals surface area contributed by atoms with E-state index in [2.05, 4.69) is 20.4 Å². The maximum atomic E-state index is 13.6. The molecule has 0 saturated carbocycles. The molecule has 0 atom stereocenters. The number of alkyl halides is 3. The van der Waals surface area contributed by atoms with E-state index >= 15 is 0 Å². The molecule has 11 heteroatoms. The molecular formula is C17H14F5N5O. The van der Waals surface area contributed by atoms with Crippen LogP contribution >= 0.6 is 0 Å². The minimum atomic E-state index is -4.70. The molecule has 1 N–H and O–H groups in total. The molecule has 0 saturated heterocycles. The van der Waals surface area contributed by atoms with Gasteiger partial charge in [-0.05, 0) is 38.0 Å². The van der Waals surface area contributed by atoms with Crippen LogP contribution in [0, 0.1) is 25.5 Å². The molecule has 148 valence electrons. The monoisotopic (exact) mass is 399 g/mol. The van der Waals surface area contributed by atoms with Gasteiger partial charge in [0.05, 0.1) is 5.69 Å². The molecule has 1 aromatic carbocycles. The molecule has 0 radical (unpaired) electrons. The molecule has 3 rings (SSSR count). The Balaban J connectivity index is 1.79. The zero-order chi connectivity index (χ0) is 20.6. The lowest BCUT2D eigenvalue weighted by Crippen LogP contribution is -2.15. The highest BCUT2D eigenvalue weighted by molar-refractivity contribution is 5.90. The third kappa shape index (κ3) is 3.92. The second-order valence-corrected chi connectivity index (χ2v) is 6.08. The molecule has 0 spiro atoms. The number of nitrogens with one attached hydrogen (secondary N) is 1. The zero-order valence-electron chi connectivity index (χ0n) is 14.7. The molecule has 0 bridgehead atoms. The average Bonchev–Trinajstić information content (AvgIpc) is 3.01. The van der Waals surface area contributed by atoms with E-state index in [1.807, 2.05) is 0 Å². The van der Waals surface area contributed by atoms with Crippen LogP contribution in [-0.2, 0) is 17.4 Å². The first-order valence-electron chi connectivity index (χ1n) is 8.11. The van der Waals surface area contributed by atoms with E-state index in [9.17, 15) is 26.7 Å². The summed E-state index contributed by atoms with van der Waals surface area (Å²) in [6, 6.07) is 2.75. The summed E-state index contributed by atoms with van der Waals surface area (Å²) in [6.45, 7) is 3.13. The number of nitrogens with zero attached hydrogens (tertiary/aromatic N) is 4. The minimum absolute atomic E-state index is 0.0908. The second-order valence-electron chi connectivity index (χ2n) is 6.08. The molecule has 2 heterocycles. The summed E-state index contributed by atoms with van der Waals surface area (Å²) in [5.74, 6) is -3.72. The van der Waals surface area contributed by atoms with Gasteiger partial charge in [0.15, 0.2) is 0 Å². The first-order chi connectivity index (χ1) is 13.1. The summed E-state index contributed by atoms with van der Waals surface area (Å²) >= 11 is 0. The number of hydrogen-bond donors (Lipinski definition) is 1. The van der Waals surface area contributed by atoms with E-state index in [-0.39, 0.29) is 24.3 Å². The van der Waals surface area contributed by atoms with Gasteiger partial charge in [-0.15, -0.1) is 5.10 Å². The Labute approximate surface area is 155 Å². The number of anilines is 1. The second kappa shape index (κ2) is 7.13. The summed E-state index contributed by atoms with van der Waals surface area (Å²) in [6.07, 6.45) is -4.66. The molecule has 1 amide bonds. The molecule has 3 aromatic rings. The van der Waals surface area contributed by atoms with E-state index in [1.165, 1.54) is 0 Å². The lowest BCUT2D eigenvalue weighted by molar-refractivity contribution is -0.144. The fourth-order valence-corrected chi connectivity index (χ4v) is 2.73. The van der Waals surface area contributed by atoms with Crippen LogP contribution in [0.2, 0.25) is 0 Å². The van der Waals surface area contributed by atoms with Crippen molar-refractivity contribution in [2.45, 2.75) is 32.9 Å². The zero-order valence-corrected chi connectivity index (χ0v) is 14.7. The van der Waals surface area contributed by atoms with Crippen LogP contribution in [0.4, 0.5) is 27.6 Å². The molecule has 2 aromatic heterocycles. The quantitative estimate of drug-likeness (QED) is 0.681. The standard InChI is InChI=1S/C17H14F5N5O/c1-8-11(4-6-14(28)24-13-5-3-10(18)7-12(13)19)9(2)27-16(23-8)25-15(26-27)17(20,21)22/h3,5,7H,4,6H2,1-2H3,(H,24,28). The molecule has 28 heavy (non-hydrogen) atoms. The van der Waals surface area contributed by atoms with Crippen LogP contribution in [0.3, 0.4) is 0 Å². The molecule has 0 aliphatic rings. The molecule has 0 aliphatic heterocycles. The fraction of sp³-hybridized carbons (Fsp3) is 0.294. The summed E-state index contributed by atoms with van der Waals surface area (Å²) in [4.78, 5) is 19.5. The van der Waals surface area contributed by atoms with Gasteiger partial charge in [-0.25, -0.2) is 18.3 Å². The Kier molecular flexibility index (Phi) is 5.01. The Hall–Kier alpha value is -3.11. The highest BCUT2D eigenvalue weighted by atomic mass is 19.4. The van der Waals surface area contributed by atoms with Crippen molar-refractivity contribution in [3.8, 4) is 0 Å². The van der Waals surface area contributed by atoms with E-state index in [0.29, 0.717) is 23.0 Å².